The van der Waals surface area contributed by atoms with Crippen molar-refractivity contribution in [3.8, 4) is 0 Å². The predicted molar refractivity (Wildman–Crippen MR) is 98.2 cm³/mol. The molecule has 2 aromatic carbocycles. The van der Waals surface area contributed by atoms with Gasteiger partial charge in [-0.2, -0.15) is 0 Å². The number of hydrogen-bond donors (Lipinski definition) is 1. The summed E-state index contributed by atoms with van der Waals surface area (Å²) in [6.07, 6.45) is 1.98. The van der Waals surface area contributed by atoms with Crippen molar-refractivity contribution in [2.75, 3.05) is 24.5 Å². The van der Waals surface area contributed by atoms with Crippen molar-refractivity contribution in [3.05, 3.63) is 59.9 Å². The van der Waals surface area contributed by atoms with Crippen LogP contribution in [0.15, 0.2) is 48.5 Å². The van der Waals surface area contributed by atoms with Gasteiger partial charge in [-0.05, 0) is 30.5 Å². The fourth-order valence-corrected chi connectivity index (χ4v) is 4.59. The van der Waals surface area contributed by atoms with Gasteiger partial charge >= 0.3 is 0 Å². The van der Waals surface area contributed by atoms with Gasteiger partial charge in [0.05, 0.1) is 10.2 Å². The third-order valence-electron chi connectivity index (χ3n) is 5.12. The Balaban J connectivity index is 1.57. The molecule has 3 aromatic rings. The van der Waals surface area contributed by atoms with Gasteiger partial charge < -0.3 is 10.6 Å². The van der Waals surface area contributed by atoms with Crippen LogP contribution in [-0.2, 0) is 5.41 Å². The van der Waals surface area contributed by atoms with Crippen molar-refractivity contribution in [2.45, 2.75) is 18.3 Å². The summed E-state index contributed by atoms with van der Waals surface area (Å²) >= 11 is 1.44. The van der Waals surface area contributed by atoms with Gasteiger partial charge in [0.1, 0.15) is 5.82 Å². The molecule has 0 amide bonds. The van der Waals surface area contributed by atoms with E-state index in [1.807, 2.05) is 12.1 Å². The summed E-state index contributed by atoms with van der Waals surface area (Å²) in [7, 11) is 0. The zero-order valence-corrected chi connectivity index (χ0v) is 14.2. The molecule has 0 radical (unpaired) electrons. The number of piperidine rings is 1. The van der Waals surface area contributed by atoms with Crippen LogP contribution < -0.4 is 10.6 Å². The molecule has 0 saturated carbocycles. The van der Waals surface area contributed by atoms with Crippen LogP contribution in [0.25, 0.3) is 10.2 Å². The van der Waals surface area contributed by atoms with E-state index in [2.05, 4.69) is 34.1 Å². The quantitative estimate of drug-likeness (QED) is 0.785. The van der Waals surface area contributed by atoms with E-state index in [-0.39, 0.29) is 11.2 Å². The second-order valence-electron chi connectivity index (χ2n) is 6.42. The first-order valence-electron chi connectivity index (χ1n) is 8.27. The zero-order valence-electron chi connectivity index (χ0n) is 13.4. The minimum Gasteiger partial charge on any atom is -0.348 e. The molecule has 0 aliphatic carbocycles. The molecule has 0 unspecified atom stereocenters. The van der Waals surface area contributed by atoms with Crippen molar-refractivity contribution in [3.63, 3.8) is 0 Å². The molecule has 0 atom stereocenters. The molecule has 2 N–H and O–H groups in total. The van der Waals surface area contributed by atoms with Gasteiger partial charge in [-0.15, -0.1) is 0 Å². The third-order valence-corrected chi connectivity index (χ3v) is 6.26. The van der Waals surface area contributed by atoms with E-state index in [1.165, 1.54) is 23.0 Å². The molecule has 4 rings (SSSR count). The summed E-state index contributed by atoms with van der Waals surface area (Å²) in [6.45, 7) is 2.44. The lowest BCUT2D eigenvalue weighted by Gasteiger charge is -2.41. The lowest BCUT2D eigenvalue weighted by Crippen LogP contribution is -2.46. The molecule has 0 bridgehead atoms. The lowest BCUT2D eigenvalue weighted by atomic mass is 9.73. The van der Waals surface area contributed by atoms with E-state index in [0.717, 1.165) is 36.6 Å². The minimum atomic E-state index is -0.186. The molecule has 0 spiro atoms. The van der Waals surface area contributed by atoms with Crippen LogP contribution in [0.2, 0.25) is 0 Å². The molecule has 24 heavy (non-hydrogen) atoms. The van der Waals surface area contributed by atoms with Crippen LogP contribution in [0.4, 0.5) is 9.52 Å². The number of benzene rings is 2. The number of halogens is 1. The average molecular weight is 341 g/mol. The smallest absolute Gasteiger partial charge is 0.186 e. The van der Waals surface area contributed by atoms with Crippen LogP contribution in [0.3, 0.4) is 0 Å². The lowest BCUT2D eigenvalue weighted by molar-refractivity contribution is 0.340. The number of hydrogen-bond acceptors (Lipinski definition) is 4. The molecule has 1 fully saturated rings. The van der Waals surface area contributed by atoms with E-state index in [9.17, 15) is 4.39 Å². The Morgan fingerprint density at radius 2 is 1.83 bits per heavy atom. The van der Waals surface area contributed by atoms with Crippen LogP contribution >= 0.6 is 11.3 Å². The fourth-order valence-electron chi connectivity index (χ4n) is 3.57. The molecule has 2 heterocycles. The summed E-state index contributed by atoms with van der Waals surface area (Å²) in [5.74, 6) is -0.186. The van der Waals surface area contributed by atoms with E-state index < -0.39 is 0 Å². The summed E-state index contributed by atoms with van der Waals surface area (Å²) in [5, 5.41) is 0.911. The fraction of sp³-hybridized carbons (Fsp3) is 0.316. The van der Waals surface area contributed by atoms with Crippen molar-refractivity contribution in [1.29, 1.82) is 0 Å². The molecule has 5 heteroatoms. The number of rotatable bonds is 3. The highest BCUT2D eigenvalue weighted by Crippen LogP contribution is 2.38. The van der Waals surface area contributed by atoms with Crippen molar-refractivity contribution >= 4 is 26.7 Å². The molecule has 1 aliphatic rings. The monoisotopic (exact) mass is 341 g/mol. The van der Waals surface area contributed by atoms with Gasteiger partial charge in [0.25, 0.3) is 0 Å². The second-order valence-corrected chi connectivity index (χ2v) is 7.40. The Morgan fingerprint density at radius 1 is 1.08 bits per heavy atom. The van der Waals surface area contributed by atoms with E-state index in [0.29, 0.717) is 11.2 Å². The summed E-state index contributed by atoms with van der Waals surface area (Å²) < 4.78 is 14.5. The Morgan fingerprint density at radius 3 is 2.50 bits per heavy atom. The number of nitrogens with two attached hydrogens (primary N) is 1. The molecular formula is C19H20FN3S. The largest absolute Gasteiger partial charge is 0.348 e. The van der Waals surface area contributed by atoms with Crippen molar-refractivity contribution < 1.29 is 4.39 Å². The number of anilines is 1. The van der Waals surface area contributed by atoms with Gasteiger partial charge in [-0.3, -0.25) is 0 Å². The molecule has 3 nitrogen and oxygen atoms in total. The van der Waals surface area contributed by atoms with Gasteiger partial charge in [0, 0.05) is 25.0 Å². The molecule has 1 saturated heterocycles. The first-order chi connectivity index (χ1) is 11.7. The number of nitrogens with zero attached hydrogens (tertiary/aromatic N) is 2. The van der Waals surface area contributed by atoms with Gasteiger partial charge in [0.15, 0.2) is 5.13 Å². The highest BCUT2D eigenvalue weighted by Gasteiger charge is 2.35. The maximum atomic E-state index is 13.9. The van der Waals surface area contributed by atoms with Gasteiger partial charge in [-0.25, -0.2) is 9.37 Å². The highest BCUT2D eigenvalue weighted by molar-refractivity contribution is 7.22. The van der Waals surface area contributed by atoms with Crippen LogP contribution in [-0.4, -0.2) is 24.6 Å². The van der Waals surface area contributed by atoms with E-state index >= 15 is 0 Å². The molecule has 1 aromatic heterocycles. The molecule has 124 valence electrons. The standard InChI is InChI=1S/C19H20FN3S/c20-15-7-4-8-16-17(15)24-18(22-16)23-11-9-19(13-21,10-12-23)14-5-2-1-3-6-14/h1-8H,9-13,21H2. The molecule has 1 aliphatic heterocycles. The minimum absolute atomic E-state index is 0.0414. The van der Waals surface area contributed by atoms with Gasteiger partial charge in [-0.1, -0.05) is 47.7 Å². The van der Waals surface area contributed by atoms with Gasteiger partial charge in [0.2, 0.25) is 0 Å². The summed E-state index contributed by atoms with van der Waals surface area (Å²) in [5.41, 5.74) is 8.26. The number of fused-ring (bicyclic) bond motifs is 1. The van der Waals surface area contributed by atoms with Crippen LogP contribution in [0.1, 0.15) is 18.4 Å². The van der Waals surface area contributed by atoms with E-state index in [4.69, 9.17) is 5.73 Å². The van der Waals surface area contributed by atoms with Crippen LogP contribution in [0, 0.1) is 5.82 Å². The maximum Gasteiger partial charge on any atom is 0.186 e. The Kier molecular flexibility index (Phi) is 3.98. The normalized spacial score (nSPS) is 17.3. The predicted octanol–water partition coefficient (Wildman–Crippen LogP) is 3.93. The van der Waals surface area contributed by atoms with Crippen LogP contribution in [0.5, 0.6) is 0 Å². The SMILES string of the molecule is NCC1(c2ccccc2)CCN(c2nc3cccc(F)c3s2)CC1. The van der Waals surface area contributed by atoms with Crippen molar-refractivity contribution in [1.82, 2.24) is 4.98 Å². The number of thiazole rings is 1. The third kappa shape index (κ3) is 2.58. The number of aromatic nitrogens is 1. The summed E-state index contributed by atoms with van der Waals surface area (Å²) in [6, 6.07) is 15.6. The first kappa shape index (κ1) is 15.5. The topological polar surface area (TPSA) is 42.1 Å². The van der Waals surface area contributed by atoms with E-state index in [1.54, 1.807) is 6.07 Å². The Hall–Kier alpha value is -1.98. The maximum absolute atomic E-state index is 13.9. The zero-order chi connectivity index (χ0) is 16.6. The summed E-state index contributed by atoms with van der Waals surface area (Å²) in [4.78, 5) is 6.88. The first-order valence-corrected chi connectivity index (χ1v) is 9.09. The highest BCUT2D eigenvalue weighted by atomic mass is 32.1. The molecular weight excluding hydrogens is 321 g/mol. The Labute approximate surface area is 144 Å². The van der Waals surface area contributed by atoms with Crippen molar-refractivity contribution in [2.24, 2.45) is 5.73 Å². The average Bonchev–Trinajstić information content (AvgIpc) is 3.08. The Bertz CT molecular complexity index is 838. The second kappa shape index (κ2) is 6.15.